The third-order valence-corrected chi connectivity index (χ3v) is 7.09. The zero-order valence-electron chi connectivity index (χ0n) is 14.4. The van der Waals surface area contributed by atoms with E-state index >= 15 is 0 Å². The van der Waals surface area contributed by atoms with Crippen molar-refractivity contribution in [2.24, 2.45) is 5.92 Å². The lowest BCUT2D eigenvalue weighted by atomic mass is 9.84. The lowest BCUT2D eigenvalue weighted by Crippen LogP contribution is -2.32. The van der Waals surface area contributed by atoms with Crippen molar-refractivity contribution in [2.45, 2.75) is 81.6 Å². The number of carbonyl (C=O) groups is 1. The van der Waals surface area contributed by atoms with E-state index in [1.54, 1.807) is 0 Å². The predicted octanol–water partition coefficient (Wildman–Crippen LogP) is 6.06. The Morgan fingerprint density at radius 1 is 1.04 bits per heavy atom. The highest BCUT2D eigenvalue weighted by Gasteiger charge is 2.35. The van der Waals surface area contributed by atoms with E-state index in [1.165, 1.54) is 50.5 Å². The van der Waals surface area contributed by atoms with Gasteiger partial charge in [-0.25, -0.2) is 0 Å². The molecule has 1 aromatic carbocycles. The minimum absolute atomic E-state index is 0.280. The average molecular weight is 331 g/mol. The number of carbonyl (C=O) groups excluding carboxylic acids is 1. The molecule has 3 rings (SSSR count). The van der Waals surface area contributed by atoms with Crippen molar-refractivity contribution in [3.05, 3.63) is 35.4 Å². The van der Waals surface area contributed by atoms with Gasteiger partial charge in [-0.1, -0.05) is 56.9 Å². The molecular weight excluding hydrogens is 300 g/mol. The van der Waals surface area contributed by atoms with Gasteiger partial charge in [0.25, 0.3) is 0 Å². The molecule has 0 aromatic heterocycles. The van der Waals surface area contributed by atoms with Crippen molar-refractivity contribution >= 4 is 17.5 Å². The topological polar surface area (TPSA) is 17.1 Å². The molecule has 23 heavy (non-hydrogen) atoms. The third-order valence-electron chi connectivity index (χ3n) is 5.46. The number of benzene rings is 1. The van der Waals surface area contributed by atoms with Gasteiger partial charge < -0.3 is 0 Å². The summed E-state index contributed by atoms with van der Waals surface area (Å²) in [7, 11) is 0. The van der Waals surface area contributed by atoms with E-state index in [0.29, 0.717) is 5.78 Å². The molecule has 0 radical (unpaired) electrons. The maximum absolute atomic E-state index is 12.8. The molecular formula is C21H30OS. The number of aryl methyl sites for hydroxylation is 1. The number of hydrogen-bond acceptors (Lipinski definition) is 2. The minimum Gasteiger partial charge on any atom is -0.294 e. The number of fused-ring (bicyclic) bond motifs is 2. The van der Waals surface area contributed by atoms with Crippen LogP contribution in [0.5, 0.6) is 0 Å². The van der Waals surface area contributed by atoms with Crippen molar-refractivity contribution in [3.63, 3.8) is 0 Å². The van der Waals surface area contributed by atoms with Crippen LogP contribution in [-0.2, 0) is 6.42 Å². The normalized spacial score (nSPS) is 26.9. The zero-order chi connectivity index (χ0) is 16.1. The van der Waals surface area contributed by atoms with E-state index in [9.17, 15) is 4.79 Å². The highest BCUT2D eigenvalue weighted by molar-refractivity contribution is 8.00. The summed E-state index contributed by atoms with van der Waals surface area (Å²) in [6, 6.07) is 8.51. The number of unbranched alkanes of at least 4 members (excludes halogenated alkanes) is 3. The Hall–Kier alpha value is -0.760. The quantitative estimate of drug-likeness (QED) is 0.447. The van der Waals surface area contributed by atoms with Crippen LogP contribution in [-0.4, -0.2) is 16.3 Å². The van der Waals surface area contributed by atoms with Crippen LogP contribution in [0.1, 0.15) is 80.6 Å². The van der Waals surface area contributed by atoms with Gasteiger partial charge in [0.2, 0.25) is 0 Å². The molecule has 2 heteroatoms. The highest BCUT2D eigenvalue weighted by atomic mass is 32.2. The molecule has 1 nitrogen and oxygen atoms in total. The number of ketones is 1. The molecule has 2 unspecified atom stereocenters. The lowest BCUT2D eigenvalue weighted by Gasteiger charge is -2.37. The van der Waals surface area contributed by atoms with E-state index in [0.717, 1.165) is 35.3 Å². The Balaban J connectivity index is 1.55. The molecule has 2 saturated heterocycles. The summed E-state index contributed by atoms with van der Waals surface area (Å²) in [5.41, 5.74) is 2.33. The van der Waals surface area contributed by atoms with Gasteiger partial charge in [0.15, 0.2) is 5.78 Å². The first-order chi connectivity index (χ1) is 11.3. The van der Waals surface area contributed by atoms with Gasteiger partial charge in [-0.2, -0.15) is 11.8 Å². The molecule has 126 valence electrons. The largest absolute Gasteiger partial charge is 0.294 e. The van der Waals surface area contributed by atoms with Crippen LogP contribution in [0.4, 0.5) is 0 Å². The van der Waals surface area contributed by atoms with Gasteiger partial charge >= 0.3 is 0 Å². The molecule has 0 spiro atoms. The molecule has 2 heterocycles. The SMILES string of the molecule is CCCCCCc1ccc(C(=O)C2CC3CCCC(C2)S3)cc1. The number of rotatable bonds is 7. The van der Waals surface area contributed by atoms with Crippen molar-refractivity contribution < 1.29 is 4.79 Å². The molecule has 2 atom stereocenters. The van der Waals surface area contributed by atoms with Crippen LogP contribution in [0.15, 0.2) is 24.3 Å². The Labute approximate surface area is 145 Å². The molecule has 0 saturated carbocycles. The first-order valence-corrected chi connectivity index (χ1v) is 10.5. The molecule has 2 bridgehead atoms. The van der Waals surface area contributed by atoms with Crippen LogP contribution >= 0.6 is 11.8 Å². The predicted molar refractivity (Wildman–Crippen MR) is 100 cm³/mol. The van der Waals surface area contributed by atoms with Gasteiger partial charge in [-0.15, -0.1) is 0 Å². The zero-order valence-corrected chi connectivity index (χ0v) is 15.2. The Morgan fingerprint density at radius 3 is 2.39 bits per heavy atom. The van der Waals surface area contributed by atoms with Gasteiger partial charge in [0.05, 0.1) is 0 Å². The Morgan fingerprint density at radius 2 is 1.74 bits per heavy atom. The van der Waals surface area contributed by atoms with E-state index in [1.807, 2.05) is 0 Å². The smallest absolute Gasteiger partial charge is 0.166 e. The second kappa shape index (κ2) is 8.37. The van der Waals surface area contributed by atoms with E-state index in [-0.39, 0.29) is 5.92 Å². The minimum atomic E-state index is 0.280. The summed E-state index contributed by atoms with van der Waals surface area (Å²) < 4.78 is 0. The van der Waals surface area contributed by atoms with Crippen LogP contribution in [0.2, 0.25) is 0 Å². The number of thioether (sulfide) groups is 1. The molecule has 2 fully saturated rings. The first kappa shape index (κ1) is 17.1. The van der Waals surface area contributed by atoms with Crippen molar-refractivity contribution in [2.75, 3.05) is 0 Å². The fraction of sp³-hybridized carbons (Fsp3) is 0.667. The second-order valence-electron chi connectivity index (χ2n) is 7.35. The van der Waals surface area contributed by atoms with Gasteiger partial charge in [-0.3, -0.25) is 4.79 Å². The number of Topliss-reactive ketones (excluding diaryl/α,β-unsaturated/α-hetero) is 1. The first-order valence-electron chi connectivity index (χ1n) is 9.55. The van der Waals surface area contributed by atoms with E-state index in [2.05, 4.69) is 43.0 Å². The average Bonchev–Trinajstić information content (AvgIpc) is 2.58. The molecule has 2 aliphatic heterocycles. The summed E-state index contributed by atoms with van der Waals surface area (Å²) >= 11 is 2.15. The molecule has 0 aliphatic carbocycles. The maximum atomic E-state index is 12.8. The summed E-state index contributed by atoms with van der Waals surface area (Å²) in [6.07, 6.45) is 12.6. The standard InChI is InChI=1S/C21H30OS/c1-2-3-4-5-7-16-10-12-17(13-11-16)21(22)18-14-19-8-6-9-20(15-18)23-19/h10-13,18-20H,2-9,14-15H2,1H3. The monoisotopic (exact) mass is 330 g/mol. The molecule has 2 aliphatic rings. The molecule has 0 N–H and O–H groups in total. The van der Waals surface area contributed by atoms with Crippen LogP contribution < -0.4 is 0 Å². The van der Waals surface area contributed by atoms with Crippen molar-refractivity contribution in [1.29, 1.82) is 0 Å². The van der Waals surface area contributed by atoms with Gasteiger partial charge in [0.1, 0.15) is 0 Å². The summed E-state index contributed by atoms with van der Waals surface area (Å²) in [6.45, 7) is 2.25. The van der Waals surface area contributed by atoms with Crippen LogP contribution in [0.3, 0.4) is 0 Å². The van der Waals surface area contributed by atoms with Crippen LogP contribution in [0, 0.1) is 5.92 Å². The fourth-order valence-electron chi connectivity index (χ4n) is 4.10. The molecule has 1 aromatic rings. The van der Waals surface area contributed by atoms with Crippen LogP contribution in [0.25, 0.3) is 0 Å². The summed E-state index contributed by atoms with van der Waals surface area (Å²) in [5.74, 6) is 0.682. The lowest BCUT2D eigenvalue weighted by molar-refractivity contribution is 0.0896. The van der Waals surface area contributed by atoms with Gasteiger partial charge in [-0.05, 0) is 44.1 Å². The van der Waals surface area contributed by atoms with Crippen molar-refractivity contribution in [1.82, 2.24) is 0 Å². The Bertz CT molecular complexity index is 495. The fourth-order valence-corrected chi connectivity index (χ4v) is 5.94. The van der Waals surface area contributed by atoms with Crippen molar-refractivity contribution in [3.8, 4) is 0 Å². The Kier molecular flexibility index (Phi) is 6.21. The summed E-state index contributed by atoms with van der Waals surface area (Å²) in [4.78, 5) is 12.8. The molecule has 0 amide bonds. The maximum Gasteiger partial charge on any atom is 0.166 e. The van der Waals surface area contributed by atoms with Gasteiger partial charge in [0, 0.05) is 22.0 Å². The third kappa shape index (κ3) is 4.62. The summed E-state index contributed by atoms with van der Waals surface area (Å²) in [5, 5.41) is 1.49. The van der Waals surface area contributed by atoms with E-state index < -0.39 is 0 Å². The van der Waals surface area contributed by atoms with E-state index in [4.69, 9.17) is 0 Å². The number of hydrogen-bond donors (Lipinski definition) is 0. The highest BCUT2D eigenvalue weighted by Crippen LogP contribution is 2.44. The second-order valence-corrected chi connectivity index (χ2v) is 8.96.